The molecule has 2 unspecified atom stereocenters. The van der Waals surface area contributed by atoms with Crippen molar-refractivity contribution in [3.05, 3.63) is 0 Å². The number of carbonyl (C=O) groups excluding carboxylic acids is 1. The van der Waals surface area contributed by atoms with E-state index in [4.69, 9.17) is 9.47 Å². The molecular formula is C15H28F2N2O3. The van der Waals surface area contributed by atoms with Crippen LogP contribution in [0.2, 0.25) is 0 Å². The molecule has 1 saturated carbocycles. The summed E-state index contributed by atoms with van der Waals surface area (Å²) in [5, 5.41) is 6.11. The first-order chi connectivity index (χ1) is 10.3. The van der Waals surface area contributed by atoms with Gasteiger partial charge in [0.05, 0.1) is 6.61 Å². The van der Waals surface area contributed by atoms with Crippen LogP contribution in [0.15, 0.2) is 0 Å². The Labute approximate surface area is 131 Å². The topological polar surface area (TPSA) is 59.6 Å². The molecule has 2 N–H and O–H groups in total. The quantitative estimate of drug-likeness (QED) is 0.674. The summed E-state index contributed by atoms with van der Waals surface area (Å²) in [4.78, 5) is 11.6. The summed E-state index contributed by atoms with van der Waals surface area (Å²) in [5.41, 5.74) is -0.501. The number of hydrogen-bond donors (Lipinski definition) is 2. The van der Waals surface area contributed by atoms with Gasteiger partial charge in [-0.25, -0.2) is 13.6 Å². The maximum atomic E-state index is 11.9. The number of amides is 1. The molecule has 0 aliphatic heterocycles. The number of halogens is 2. The molecule has 7 heteroatoms. The highest BCUT2D eigenvalue weighted by Gasteiger charge is 2.27. The molecular weight excluding hydrogens is 294 g/mol. The number of alkyl carbamates (subject to hydrolysis) is 1. The van der Waals surface area contributed by atoms with E-state index >= 15 is 0 Å². The maximum absolute atomic E-state index is 11.9. The fourth-order valence-electron chi connectivity index (χ4n) is 2.57. The average Bonchev–Trinajstić information content (AvgIpc) is 2.81. The van der Waals surface area contributed by atoms with E-state index in [0.29, 0.717) is 19.0 Å². The molecule has 2 atom stereocenters. The van der Waals surface area contributed by atoms with Crippen molar-refractivity contribution in [2.24, 2.45) is 5.92 Å². The number of alkyl halides is 2. The molecule has 1 aliphatic carbocycles. The van der Waals surface area contributed by atoms with Gasteiger partial charge in [0.1, 0.15) is 12.2 Å². The Kier molecular flexibility index (Phi) is 8.03. The molecule has 1 aliphatic rings. The van der Waals surface area contributed by atoms with Crippen molar-refractivity contribution in [2.45, 2.75) is 58.1 Å². The fraction of sp³-hybridized carbons (Fsp3) is 0.933. The van der Waals surface area contributed by atoms with Crippen LogP contribution in [0.4, 0.5) is 13.6 Å². The lowest BCUT2D eigenvalue weighted by Crippen LogP contribution is -2.41. The van der Waals surface area contributed by atoms with Gasteiger partial charge in [0.15, 0.2) is 0 Å². The van der Waals surface area contributed by atoms with Gasteiger partial charge in [0.2, 0.25) is 0 Å². The summed E-state index contributed by atoms with van der Waals surface area (Å²) < 4.78 is 33.9. The van der Waals surface area contributed by atoms with E-state index in [1.807, 2.05) is 20.8 Å². The minimum Gasteiger partial charge on any atom is -0.444 e. The summed E-state index contributed by atoms with van der Waals surface area (Å²) in [7, 11) is 0. The van der Waals surface area contributed by atoms with E-state index in [2.05, 4.69) is 10.6 Å². The largest absolute Gasteiger partial charge is 0.444 e. The van der Waals surface area contributed by atoms with Crippen LogP contribution in [0.25, 0.3) is 0 Å². The van der Waals surface area contributed by atoms with Crippen molar-refractivity contribution in [1.29, 1.82) is 0 Å². The molecule has 1 fully saturated rings. The lowest BCUT2D eigenvalue weighted by Gasteiger charge is -2.23. The van der Waals surface area contributed by atoms with Crippen molar-refractivity contribution in [1.82, 2.24) is 10.6 Å². The van der Waals surface area contributed by atoms with Gasteiger partial charge >= 0.3 is 6.09 Å². The number of hydrogen-bond acceptors (Lipinski definition) is 4. The molecule has 1 rings (SSSR count). The molecule has 0 aromatic rings. The van der Waals surface area contributed by atoms with Crippen LogP contribution in [-0.4, -0.2) is 50.5 Å². The average molecular weight is 322 g/mol. The first-order valence-corrected chi connectivity index (χ1v) is 7.84. The summed E-state index contributed by atoms with van der Waals surface area (Å²) >= 11 is 0. The van der Waals surface area contributed by atoms with E-state index < -0.39 is 24.7 Å². The lowest BCUT2D eigenvalue weighted by molar-refractivity contribution is 0.0179. The van der Waals surface area contributed by atoms with E-state index in [1.54, 1.807) is 0 Å². The normalized spacial score (nSPS) is 22.1. The van der Waals surface area contributed by atoms with Gasteiger partial charge in [0.25, 0.3) is 6.43 Å². The molecule has 0 spiro atoms. The van der Waals surface area contributed by atoms with Gasteiger partial charge < -0.3 is 20.1 Å². The second-order valence-corrected chi connectivity index (χ2v) is 6.60. The highest BCUT2D eigenvalue weighted by atomic mass is 19.3. The van der Waals surface area contributed by atoms with Crippen molar-refractivity contribution in [3.8, 4) is 0 Å². The Morgan fingerprint density at radius 3 is 2.68 bits per heavy atom. The Hall–Kier alpha value is -0.950. The van der Waals surface area contributed by atoms with Crippen LogP contribution in [-0.2, 0) is 9.47 Å². The van der Waals surface area contributed by atoms with Crippen LogP contribution in [0.3, 0.4) is 0 Å². The third kappa shape index (κ3) is 8.48. The molecule has 0 radical (unpaired) electrons. The molecule has 0 heterocycles. The van der Waals surface area contributed by atoms with Crippen LogP contribution in [0.5, 0.6) is 0 Å². The lowest BCUT2D eigenvalue weighted by atomic mass is 10.0. The highest BCUT2D eigenvalue weighted by Crippen LogP contribution is 2.25. The van der Waals surface area contributed by atoms with Gasteiger partial charge in [-0.15, -0.1) is 0 Å². The summed E-state index contributed by atoms with van der Waals surface area (Å²) in [6.45, 7) is 6.33. The highest BCUT2D eigenvalue weighted by molar-refractivity contribution is 5.67. The number of carbonyl (C=O) groups is 1. The molecule has 0 saturated heterocycles. The number of ether oxygens (including phenoxy) is 2. The molecule has 0 bridgehead atoms. The van der Waals surface area contributed by atoms with E-state index in [9.17, 15) is 13.6 Å². The molecule has 1 amide bonds. The Balaban J connectivity index is 2.18. The molecule has 0 aromatic carbocycles. The van der Waals surface area contributed by atoms with E-state index in [0.717, 1.165) is 19.3 Å². The fourth-order valence-corrected chi connectivity index (χ4v) is 2.57. The van der Waals surface area contributed by atoms with Gasteiger partial charge in [0, 0.05) is 19.1 Å². The molecule has 5 nitrogen and oxygen atoms in total. The number of rotatable bonds is 8. The maximum Gasteiger partial charge on any atom is 0.407 e. The molecule has 22 heavy (non-hydrogen) atoms. The van der Waals surface area contributed by atoms with Crippen LogP contribution < -0.4 is 10.6 Å². The van der Waals surface area contributed by atoms with Crippen LogP contribution in [0.1, 0.15) is 40.0 Å². The predicted molar refractivity (Wildman–Crippen MR) is 80.2 cm³/mol. The van der Waals surface area contributed by atoms with Gasteiger partial charge in [-0.3, -0.25) is 0 Å². The monoisotopic (exact) mass is 322 g/mol. The first kappa shape index (κ1) is 19.1. The Morgan fingerprint density at radius 1 is 1.32 bits per heavy atom. The standard InChI is InChI=1S/C15H28F2N2O3/c1-15(2,3)22-14(20)19-9-11-5-4-6-12(11)18-7-8-21-10-13(16)17/h11-13,18H,4-10H2,1-3H3,(H,19,20). The van der Waals surface area contributed by atoms with Crippen LogP contribution >= 0.6 is 0 Å². The first-order valence-electron chi connectivity index (χ1n) is 7.84. The van der Waals surface area contributed by atoms with Gasteiger partial charge in [-0.1, -0.05) is 6.42 Å². The second-order valence-electron chi connectivity index (χ2n) is 6.60. The third-order valence-electron chi connectivity index (χ3n) is 3.46. The second kappa shape index (κ2) is 9.25. The Morgan fingerprint density at radius 2 is 2.05 bits per heavy atom. The van der Waals surface area contributed by atoms with Crippen LogP contribution in [0, 0.1) is 5.92 Å². The zero-order chi connectivity index (χ0) is 16.6. The summed E-state index contributed by atoms with van der Waals surface area (Å²) in [6.07, 6.45) is 0.326. The minimum atomic E-state index is -2.42. The Bertz CT molecular complexity index is 335. The molecule has 0 aromatic heterocycles. The predicted octanol–water partition coefficient (Wildman–Crippen LogP) is 2.55. The van der Waals surface area contributed by atoms with Crippen molar-refractivity contribution < 1.29 is 23.0 Å². The van der Waals surface area contributed by atoms with Gasteiger partial charge in [-0.05, 0) is 39.5 Å². The van der Waals surface area contributed by atoms with E-state index in [1.165, 1.54) is 0 Å². The third-order valence-corrected chi connectivity index (χ3v) is 3.46. The van der Waals surface area contributed by atoms with Crippen molar-refractivity contribution in [3.63, 3.8) is 0 Å². The van der Waals surface area contributed by atoms with Gasteiger partial charge in [-0.2, -0.15) is 0 Å². The van der Waals surface area contributed by atoms with E-state index in [-0.39, 0.29) is 12.6 Å². The SMILES string of the molecule is CC(C)(C)OC(=O)NCC1CCCC1NCCOCC(F)F. The van der Waals surface area contributed by atoms with Crippen molar-refractivity contribution >= 4 is 6.09 Å². The zero-order valence-electron chi connectivity index (χ0n) is 13.7. The summed E-state index contributed by atoms with van der Waals surface area (Å²) in [5.74, 6) is 0.336. The number of nitrogens with one attached hydrogen (secondary N) is 2. The summed E-state index contributed by atoms with van der Waals surface area (Å²) in [6, 6.07) is 0.282. The molecule has 130 valence electrons. The minimum absolute atomic E-state index is 0.271. The zero-order valence-corrected chi connectivity index (χ0v) is 13.7. The smallest absolute Gasteiger partial charge is 0.407 e. The van der Waals surface area contributed by atoms with Crippen molar-refractivity contribution in [2.75, 3.05) is 26.3 Å².